The molecular formula is C18H38N2O4S. The van der Waals surface area contributed by atoms with Crippen molar-refractivity contribution in [2.45, 2.75) is 96.4 Å². The van der Waals surface area contributed by atoms with Gasteiger partial charge in [-0.1, -0.05) is 71.1 Å². The van der Waals surface area contributed by atoms with E-state index in [1.54, 1.807) is 0 Å². The van der Waals surface area contributed by atoms with Crippen LogP contribution in [-0.2, 0) is 14.8 Å². The molecule has 0 aromatic heterocycles. The molecule has 0 rings (SSSR count). The molecule has 0 aliphatic heterocycles. The third-order valence-electron chi connectivity index (χ3n) is 4.35. The molecule has 0 fully saturated rings. The molecule has 0 aromatic rings. The highest BCUT2D eigenvalue weighted by Crippen LogP contribution is 2.10. The van der Waals surface area contributed by atoms with Crippen LogP contribution in [0.25, 0.3) is 0 Å². The van der Waals surface area contributed by atoms with Crippen LogP contribution in [0.1, 0.15) is 90.4 Å². The summed E-state index contributed by atoms with van der Waals surface area (Å²) in [6, 6.07) is -0.858. The normalized spacial score (nSPS) is 13.0. The Balaban J connectivity index is 3.48. The SMILES string of the molecule is CCCCCCCCCCCCS(=O)(=O)NCCCC[C@H](N)C(=O)O. The maximum absolute atomic E-state index is 11.8. The Kier molecular flexibility index (Phi) is 15.2. The number of aliphatic carboxylic acids is 1. The fraction of sp³-hybridized carbons (Fsp3) is 0.944. The van der Waals surface area contributed by atoms with Gasteiger partial charge < -0.3 is 10.8 Å². The number of nitrogens with two attached hydrogens (primary N) is 1. The summed E-state index contributed by atoms with van der Waals surface area (Å²) in [5.74, 6) is -0.834. The summed E-state index contributed by atoms with van der Waals surface area (Å²) in [4.78, 5) is 10.6. The topological polar surface area (TPSA) is 109 Å². The van der Waals surface area contributed by atoms with Crippen molar-refractivity contribution in [1.29, 1.82) is 0 Å². The van der Waals surface area contributed by atoms with Crippen LogP contribution in [0.15, 0.2) is 0 Å². The van der Waals surface area contributed by atoms with E-state index in [0.29, 0.717) is 32.2 Å². The van der Waals surface area contributed by atoms with Gasteiger partial charge in [-0.25, -0.2) is 13.1 Å². The largest absolute Gasteiger partial charge is 0.480 e. The van der Waals surface area contributed by atoms with E-state index in [9.17, 15) is 13.2 Å². The smallest absolute Gasteiger partial charge is 0.320 e. The minimum Gasteiger partial charge on any atom is -0.480 e. The Labute approximate surface area is 154 Å². The van der Waals surface area contributed by atoms with E-state index in [0.717, 1.165) is 12.8 Å². The highest BCUT2D eigenvalue weighted by Gasteiger charge is 2.11. The molecule has 0 spiro atoms. The second-order valence-electron chi connectivity index (χ2n) is 6.84. The van der Waals surface area contributed by atoms with Crippen molar-refractivity contribution in [3.63, 3.8) is 0 Å². The number of nitrogens with one attached hydrogen (secondary N) is 1. The van der Waals surface area contributed by atoms with Crippen molar-refractivity contribution in [3.8, 4) is 0 Å². The van der Waals surface area contributed by atoms with E-state index in [1.807, 2.05) is 0 Å². The zero-order valence-electron chi connectivity index (χ0n) is 15.8. The van der Waals surface area contributed by atoms with Gasteiger partial charge >= 0.3 is 5.97 Å². The molecule has 0 bridgehead atoms. The number of carboxylic acid groups (broad SMARTS) is 1. The monoisotopic (exact) mass is 378 g/mol. The van der Waals surface area contributed by atoms with Gasteiger partial charge in [0.05, 0.1) is 5.75 Å². The molecule has 0 aliphatic rings. The highest BCUT2D eigenvalue weighted by atomic mass is 32.2. The van der Waals surface area contributed by atoms with Crippen LogP contribution in [0, 0.1) is 0 Å². The lowest BCUT2D eigenvalue weighted by Crippen LogP contribution is -2.30. The number of carbonyl (C=O) groups is 1. The van der Waals surface area contributed by atoms with Crippen LogP contribution in [-0.4, -0.2) is 37.8 Å². The van der Waals surface area contributed by atoms with Gasteiger partial charge in [0.15, 0.2) is 0 Å². The van der Waals surface area contributed by atoms with Gasteiger partial charge in [-0.3, -0.25) is 4.79 Å². The van der Waals surface area contributed by atoms with Crippen LogP contribution in [0.4, 0.5) is 0 Å². The first-order valence-corrected chi connectivity index (χ1v) is 11.5. The van der Waals surface area contributed by atoms with Crippen LogP contribution in [0.2, 0.25) is 0 Å². The van der Waals surface area contributed by atoms with E-state index in [4.69, 9.17) is 10.8 Å². The lowest BCUT2D eigenvalue weighted by atomic mass is 10.1. The Morgan fingerprint density at radius 3 is 1.96 bits per heavy atom. The Morgan fingerprint density at radius 2 is 1.44 bits per heavy atom. The maximum Gasteiger partial charge on any atom is 0.320 e. The van der Waals surface area contributed by atoms with Crippen molar-refractivity contribution < 1.29 is 18.3 Å². The number of carboxylic acids is 1. The number of rotatable bonds is 18. The lowest BCUT2D eigenvalue weighted by Gasteiger charge is -2.08. The number of hydrogen-bond acceptors (Lipinski definition) is 4. The summed E-state index contributed by atoms with van der Waals surface area (Å²) < 4.78 is 26.3. The second-order valence-corrected chi connectivity index (χ2v) is 8.76. The van der Waals surface area contributed by atoms with Crippen LogP contribution in [0.3, 0.4) is 0 Å². The molecule has 0 heterocycles. The van der Waals surface area contributed by atoms with Crippen LogP contribution >= 0.6 is 0 Å². The molecule has 7 heteroatoms. The average Bonchev–Trinajstić information content (AvgIpc) is 2.55. The van der Waals surface area contributed by atoms with Crippen molar-refractivity contribution in [1.82, 2.24) is 4.72 Å². The highest BCUT2D eigenvalue weighted by molar-refractivity contribution is 7.89. The molecule has 25 heavy (non-hydrogen) atoms. The summed E-state index contributed by atoms with van der Waals surface area (Å²) in [6.45, 7) is 2.57. The molecule has 0 unspecified atom stereocenters. The van der Waals surface area contributed by atoms with E-state index in [2.05, 4.69) is 11.6 Å². The van der Waals surface area contributed by atoms with Crippen LogP contribution < -0.4 is 10.5 Å². The van der Waals surface area contributed by atoms with Gasteiger partial charge in [-0.05, 0) is 19.3 Å². The van der Waals surface area contributed by atoms with Crippen molar-refractivity contribution >= 4 is 16.0 Å². The first-order chi connectivity index (χ1) is 11.9. The third-order valence-corrected chi connectivity index (χ3v) is 5.82. The first-order valence-electron chi connectivity index (χ1n) is 9.84. The number of unbranched alkanes of at least 4 members (excludes halogenated alkanes) is 10. The minimum atomic E-state index is -3.20. The molecule has 1 atom stereocenters. The molecule has 0 saturated carbocycles. The summed E-state index contributed by atoms with van der Waals surface area (Å²) in [5, 5.41) is 8.65. The molecule has 6 nitrogen and oxygen atoms in total. The zero-order chi connectivity index (χ0) is 19.0. The third kappa shape index (κ3) is 16.6. The molecular weight excluding hydrogens is 340 g/mol. The predicted molar refractivity (Wildman–Crippen MR) is 103 cm³/mol. The molecule has 0 aromatic carbocycles. The maximum atomic E-state index is 11.8. The number of sulfonamides is 1. The summed E-state index contributed by atoms with van der Waals surface area (Å²) in [6.07, 6.45) is 13.4. The van der Waals surface area contributed by atoms with Gasteiger partial charge in [0.25, 0.3) is 0 Å². The zero-order valence-corrected chi connectivity index (χ0v) is 16.7. The summed E-state index contributed by atoms with van der Waals surface area (Å²) >= 11 is 0. The van der Waals surface area contributed by atoms with Gasteiger partial charge in [-0.2, -0.15) is 0 Å². The lowest BCUT2D eigenvalue weighted by molar-refractivity contribution is -0.138. The van der Waals surface area contributed by atoms with Gasteiger partial charge in [0.1, 0.15) is 6.04 Å². The standard InChI is InChI=1S/C18H38N2O4S/c1-2-3-4-5-6-7-8-9-10-13-16-25(23,24)20-15-12-11-14-17(19)18(21)22/h17,20H,2-16,19H2,1H3,(H,21,22)/t17-/m0/s1. The van der Waals surface area contributed by atoms with Crippen molar-refractivity contribution in [2.75, 3.05) is 12.3 Å². The van der Waals surface area contributed by atoms with Gasteiger partial charge in [0, 0.05) is 6.54 Å². The second kappa shape index (κ2) is 15.6. The predicted octanol–water partition coefficient (Wildman–Crippen LogP) is 3.41. The van der Waals surface area contributed by atoms with Crippen LogP contribution in [0.5, 0.6) is 0 Å². The van der Waals surface area contributed by atoms with Crippen molar-refractivity contribution in [2.24, 2.45) is 5.73 Å². The summed E-state index contributed by atoms with van der Waals surface area (Å²) in [5.41, 5.74) is 5.39. The van der Waals surface area contributed by atoms with E-state index >= 15 is 0 Å². The van der Waals surface area contributed by atoms with Gasteiger partial charge in [-0.15, -0.1) is 0 Å². The minimum absolute atomic E-state index is 0.179. The summed E-state index contributed by atoms with van der Waals surface area (Å²) in [7, 11) is -3.20. The van der Waals surface area contributed by atoms with E-state index < -0.39 is 22.0 Å². The Hall–Kier alpha value is -0.660. The molecule has 4 N–H and O–H groups in total. The molecule has 0 aliphatic carbocycles. The first kappa shape index (κ1) is 24.3. The molecule has 150 valence electrons. The molecule has 0 amide bonds. The fourth-order valence-corrected chi connectivity index (χ4v) is 3.88. The van der Waals surface area contributed by atoms with Crippen molar-refractivity contribution in [3.05, 3.63) is 0 Å². The Morgan fingerprint density at radius 1 is 0.920 bits per heavy atom. The van der Waals surface area contributed by atoms with E-state index in [-0.39, 0.29) is 5.75 Å². The van der Waals surface area contributed by atoms with E-state index in [1.165, 1.54) is 44.9 Å². The molecule has 0 saturated heterocycles. The quantitative estimate of drug-likeness (QED) is 0.317. The Bertz CT molecular complexity index is 427. The average molecular weight is 379 g/mol. The van der Waals surface area contributed by atoms with Gasteiger partial charge in [0.2, 0.25) is 10.0 Å². The number of hydrogen-bond donors (Lipinski definition) is 3. The molecule has 0 radical (unpaired) electrons. The fourth-order valence-electron chi connectivity index (χ4n) is 2.69.